The molecule has 0 aliphatic carbocycles. The van der Waals surface area contributed by atoms with Gasteiger partial charge in [0.2, 0.25) is 0 Å². The lowest BCUT2D eigenvalue weighted by Crippen LogP contribution is -1.95. The number of rotatable bonds is 4. The third-order valence-electron chi connectivity index (χ3n) is 4.18. The topological polar surface area (TPSA) is 81.8 Å². The predicted molar refractivity (Wildman–Crippen MR) is 165 cm³/mol. The summed E-state index contributed by atoms with van der Waals surface area (Å²) in [5.41, 5.74) is 8.50. The minimum atomic E-state index is -0.211. The van der Waals surface area contributed by atoms with Crippen LogP contribution in [0.5, 0.6) is 0 Å². The Bertz CT molecular complexity index is 1250. The van der Waals surface area contributed by atoms with E-state index in [0.717, 1.165) is 23.1 Å². The van der Waals surface area contributed by atoms with Gasteiger partial charge < -0.3 is 10.5 Å². The van der Waals surface area contributed by atoms with E-state index in [2.05, 4.69) is 9.73 Å². The predicted octanol–water partition coefficient (Wildman–Crippen LogP) is 9.39. The number of nitrogens with two attached hydrogens (primary N) is 1. The fourth-order valence-corrected chi connectivity index (χ4v) is 3.67. The van der Waals surface area contributed by atoms with Gasteiger partial charge >= 0.3 is 5.97 Å². The van der Waals surface area contributed by atoms with Crippen LogP contribution in [0.3, 0.4) is 0 Å². The van der Waals surface area contributed by atoms with Gasteiger partial charge in [-0.25, -0.2) is 0 Å². The van der Waals surface area contributed by atoms with Gasteiger partial charge in [-0.1, -0.05) is 107 Å². The highest BCUT2D eigenvalue weighted by Crippen LogP contribution is 2.24. The lowest BCUT2D eigenvalue weighted by Gasteiger charge is -1.97. The number of ether oxygens (including phenoxy) is 1. The molecule has 2 N–H and O–H groups in total. The smallest absolute Gasteiger partial charge is 0.302 e. The molecule has 0 heterocycles. The first-order valence-corrected chi connectivity index (χ1v) is 13.0. The van der Waals surface area contributed by atoms with Gasteiger partial charge in [0, 0.05) is 44.5 Å². The summed E-state index contributed by atoms with van der Waals surface area (Å²) in [5.74, 6) is -0.211. The van der Waals surface area contributed by atoms with E-state index in [4.69, 9.17) is 52.1 Å². The Labute approximate surface area is 249 Å². The molecular formula is C30H28Cl4N2O3. The van der Waals surface area contributed by atoms with Crippen molar-refractivity contribution in [1.29, 1.82) is 0 Å². The van der Waals surface area contributed by atoms with Crippen LogP contribution in [-0.2, 0) is 9.53 Å². The van der Waals surface area contributed by atoms with Gasteiger partial charge in [-0.05, 0) is 48.9 Å². The lowest BCUT2D eigenvalue weighted by atomic mass is 10.2. The number of anilines is 1. The van der Waals surface area contributed by atoms with E-state index in [1.54, 1.807) is 61.7 Å². The number of halogens is 4. The molecule has 0 atom stereocenters. The summed E-state index contributed by atoms with van der Waals surface area (Å²) in [6, 6.07) is 29.1. The molecule has 4 aromatic carbocycles. The fraction of sp³-hybridized carbons (Fsp3) is 0.100. The summed E-state index contributed by atoms with van der Waals surface area (Å²) in [6.45, 7) is 3.65. The second-order valence-corrected chi connectivity index (χ2v) is 9.20. The second kappa shape index (κ2) is 19.7. The molecule has 0 bridgehead atoms. The number of hydrogen-bond acceptors (Lipinski definition) is 5. The van der Waals surface area contributed by atoms with Gasteiger partial charge in [-0.15, -0.1) is 0 Å². The van der Waals surface area contributed by atoms with Crippen molar-refractivity contribution in [3.05, 3.63) is 128 Å². The molecule has 4 rings (SSSR count). The molecule has 39 heavy (non-hydrogen) atoms. The van der Waals surface area contributed by atoms with Crippen LogP contribution in [-0.4, -0.2) is 25.1 Å². The van der Waals surface area contributed by atoms with Crippen LogP contribution in [0.1, 0.15) is 29.8 Å². The fourth-order valence-electron chi connectivity index (χ4n) is 2.61. The minimum Gasteiger partial charge on any atom is -0.466 e. The number of carbonyl (C=O) groups excluding carboxylic acids is 2. The van der Waals surface area contributed by atoms with Gasteiger partial charge in [-0.3, -0.25) is 14.6 Å². The van der Waals surface area contributed by atoms with Crippen LogP contribution < -0.4 is 5.73 Å². The third kappa shape index (κ3) is 17.0. The average molecular weight is 606 g/mol. The van der Waals surface area contributed by atoms with Crippen LogP contribution >= 0.6 is 46.4 Å². The zero-order chi connectivity index (χ0) is 29.0. The molecule has 0 fully saturated rings. The zero-order valence-corrected chi connectivity index (χ0v) is 24.4. The van der Waals surface area contributed by atoms with Gasteiger partial charge in [0.05, 0.1) is 12.3 Å². The second-order valence-electron chi connectivity index (χ2n) is 7.45. The summed E-state index contributed by atoms with van der Waals surface area (Å²) < 4.78 is 4.40. The molecule has 0 saturated heterocycles. The minimum absolute atomic E-state index is 0.211. The van der Waals surface area contributed by atoms with Crippen LogP contribution in [0.15, 0.2) is 102 Å². The Morgan fingerprint density at radius 2 is 1.21 bits per heavy atom. The van der Waals surface area contributed by atoms with Gasteiger partial charge in [0.15, 0.2) is 0 Å². The van der Waals surface area contributed by atoms with Crippen molar-refractivity contribution in [3.8, 4) is 0 Å². The maximum Gasteiger partial charge on any atom is 0.302 e. The molecule has 4 aromatic rings. The molecule has 0 aliphatic rings. The summed E-state index contributed by atoms with van der Waals surface area (Å²) >= 11 is 22.9. The summed E-state index contributed by atoms with van der Waals surface area (Å²) in [4.78, 5) is 24.1. The van der Waals surface area contributed by atoms with Crippen molar-refractivity contribution in [3.63, 3.8) is 0 Å². The van der Waals surface area contributed by atoms with Crippen LogP contribution in [0.2, 0.25) is 20.1 Å². The first-order chi connectivity index (χ1) is 18.6. The molecular weight excluding hydrogens is 578 g/mol. The number of aliphatic imine (C=N–C) groups is 1. The monoisotopic (exact) mass is 604 g/mol. The number of aldehydes is 1. The van der Waals surface area contributed by atoms with Crippen LogP contribution in [0, 0.1) is 0 Å². The Morgan fingerprint density at radius 1 is 0.769 bits per heavy atom. The molecule has 0 spiro atoms. The maximum atomic E-state index is 10.0. The molecule has 0 amide bonds. The van der Waals surface area contributed by atoms with E-state index in [9.17, 15) is 9.59 Å². The van der Waals surface area contributed by atoms with E-state index >= 15 is 0 Å². The molecule has 0 unspecified atom stereocenters. The molecule has 0 aromatic heterocycles. The van der Waals surface area contributed by atoms with Crippen LogP contribution in [0.4, 0.5) is 11.4 Å². The Kier molecular flexibility index (Phi) is 17.0. The number of nitrogens with zero attached hydrogens (tertiary/aromatic N) is 1. The SMILES string of the molecule is CCOC(C)=O.Clc1cc(Cl)cc(N=Cc2ccccc2)c1.Nc1cc(Cl)cc(Cl)c1.O=Cc1ccccc1. The standard InChI is InChI=1S/C13H9Cl2N.C7H6O.C6H5Cl2N.C4H8O2/c14-11-6-12(15)8-13(7-11)16-9-10-4-2-1-3-5-10;8-6-7-4-2-1-3-5-7;7-4-1-5(8)3-6(9)2-4;1-3-6-4(2)5/h1-9H;1-6H;1-3H,9H2;3H2,1-2H3. The van der Waals surface area contributed by atoms with Crippen molar-refractivity contribution in [2.24, 2.45) is 4.99 Å². The zero-order valence-electron chi connectivity index (χ0n) is 21.4. The summed E-state index contributed by atoms with van der Waals surface area (Å²) in [6.07, 6.45) is 2.61. The van der Waals surface area contributed by atoms with Crippen LogP contribution in [0.25, 0.3) is 0 Å². The van der Waals surface area contributed by atoms with E-state index in [0.29, 0.717) is 32.4 Å². The number of nitrogen functional groups attached to an aromatic ring is 1. The number of carbonyl (C=O) groups is 2. The third-order valence-corrected chi connectivity index (χ3v) is 5.05. The Balaban J connectivity index is 0.000000282. The van der Waals surface area contributed by atoms with Gasteiger partial charge in [-0.2, -0.15) is 0 Å². The Hall–Kier alpha value is -3.35. The first kappa shape index (κ1) is 33.7. The lowest BCUT2D eigenvalue weighted by molar-refractivity contribution is -0.140. The van der Waals surface area contributed by atoms with Gasteiger partial charge in [0.1, 0.15) is 6.29 Å². The summed E-state index contributed by atoms with van der Waals surface area (Å²) in [5, 5.41) is 2.32. The van der Waals surface area contributed by atoms with Crippen molar-refractivity contribution in [2.75, 3.05) is 12.3 Å². The first-order valence-electron chi connectivity index (χ1n) is 11.5. The molecule has 9 heteroatoms. The highest BCUT2D eigenvalue weighted by Gasteiger charge is 1.95. The number of hydrogen-bond donors (Lipinski definition) is 1. The molecule has 0 saturated carbocycles. The highest BCUT2D eigenvalue weighted by atomic mass is 35.5. The van der Waals surface area contributed by atoms with E-state index in [1.165, 1.54) is 6.92 Å². The van der Waals surface area contributed by atoms with Crippen molar-refractivity contribution in [2.45, 2.75) is 13.8 Å². The van der Waals surface area contributed by atoms with E-state index in [1.807, 2.05) is 48.5 Å². The number of esters is 1. The normalized spacial score (nSPS) is 9.59. The van der Waals surface area contributed by atoms with E-state index < -0.39 is 0 Å². The van der Waals surface area contributed by atoms with E-state index in [-0.39, 0.29) is 5.97 Å². The maximum absolute atomic E-state index is 10.0. The largest absolute Gasteiger partial charge is 0.466 e. The highest BCUT2D eigenvalue weighted by molar-refractivity contribution is 6.35. The molecule has 204 valence electrons. The Morgan fingerprint density at radius 3 is 1.54 bits per heavy atom. The quantitative estimate of drug-likeness (QED) is 0.109. The average Bonchev–Trinajstić information content (AvgIpc) is 2.88. The van der Waals surface area contributed by atoms with Crippen molar-refractivity contribution in [1.82, 2.24) is 0 Å². The molecule has 5 nitrogen and oxygen atoms in total. The van der Waals surface area contributed by atoms with Crippen molar-refractivity contribution < 1.29 is 14.3 Å². The summed E-state index contributed by atoms with van der Waals surface area (Å²) in [7, 11) is 0. The number of benzene rings is 4. The molecule has 0 radical (unpaired) electrons. The van der Waals surface area contributed by atoms with Gasteiger partial charge in [0.25, 0.3) is 0 Å². The van der Waals surface area contributed by atoms with Crippen molar-refractivity contribution >= 4 is 76.2 Å². The molecule has 0 aliphatic heterocycles.